The number of nitrogens with one attached hydrogen (secondary N) is 1. The molecule has 0 amide bonds. The third-order valence-electron chi connectivity index (χ3n) is 2.57. The number of thiophene rings is 1. The summed E-state index contributed by atoms with van der Waals surface area (Å²) in [5.74, 6) is 0. The van der Waals surface area contributed by atoms with E-state index in [-0.39, 0.29) is 0 Å². The van der Waals surface area contributed by atoms with Crippen LogP contribution in [0.4, 0.5) is 0 Å². The van der Waals surface area contributed by atoms with E-state index < -0.39 is 0 Å². The van der Waals surface area contributed by atoms with Crippen LogP contribution in [-0.4, -0.2) is 6.04 Å². The molecule has 1 atom stereocenters. The smallest absolute Gasteiger partial charge is 0.0216 e. The van der Waals surface area contributed by atoms with Crippen LogP contribution in [0.2, 0.25) is 0 Å². The minimum atomic E-state index is 0.704. The Bertz CT molecular complexity index is 218. The molecule has 14 heavy (non-hydrogen) atoms. The van der Waals surface area contributed by atoms with Crippen molar-refractivity contribution in [3.63, 3.8) is 0 Å². The molecule has 2 heteroatoms. The van der Waals surface area contributed by atoms with Crippen LogP contribution in [0.15, 0.2) is 16.8 Å². The van der Waals surface area contributed by atoms with Crippen LogP contribution < -0.4 is 5.32 Å². The molecule has 80 valence electrons. The summed E-state index contributed by atoms with van der Waals surface area (Å²) in [6, 6.07) is 2.90. The van der Waals surface area contributed by atoms with E-state index in [9.17, 15) is 0 Å². The summed E-state index contributed by atoms with van der Waals surface area (Å²) >= 11 is 1.78. The van der Waals surface area contributed by atoms with Crippen molar-refractivity contribution in [3.05, 3.63) is 22.4 Å². The summed E-state index contributed by atoms with van der Waals surface area (Å²) in [4.78, 5) is 0. The first-order valence-corrected chi connectivity index (χ1v) is 6.55. The predicted molar refractivity (Wildman–Crippen MR) is 64.8 cm³/mol. The van der Waals surface area contributed by atoms with E-state index in [0.29, 0.717) is 6.04 Å². The van der Waals surface area contributed by atoms with Crippen molar-refractivity contribution < 1.29 is 0 Å². The van der Waals surface area contributed by atoms with Gasteiger partial charge in [-0.15, -0.1) is 0 Å². The maximum absolute atomic E-state index is 3.61. The second kappa shape index (κ2) is 7.02. The molecule has 1 N–H and O–H groups in total. The maximum Gasteiger partial charge on any atom is 0.0216 e. The lowest BCUT2D eigenvalue weighted by Gasteiger charge is -2.15. The van der Waals surface area contributed by atoms with E-state index in [1.165, 1.54) is 31.2 Å². The second-order valence-electron chi connectivity index (χ2n) is 3.76. The van der Waals surface area contributed by atoms with Crippen molar-refractivity contribution in [2.75, 3.05) is 0 Å². The summed E-state index contributed by atoms with van der Waals surface area (Å²) in [5.41, 5.74) is 1.42. The molecule has 1 heterocycles. The van der Waals surface area contributed by atoms with Gasteiger partial charge in [-0.2, -0.15) is 11.3 Å². The van der Waals surface area contributed by atoms with Crippen molar-refractivity contribution >= 4 is 11.3 Å². The van der Waals surface area contributed by atoms with Gasteiger partial charge in [0, 0.05) is 12.6 Å². The molecule has 0 aromatic carbocycles. The fourth-order valence-corrected chi connectivity index (χ4v) is 2.23. The van der Waals surface area contributed by atoms with Gasteiger partial charge in [0.2, 0.25) is 0 Å². The summed E-state index contributed by atoms with van der Waals surface area (Å²) in [7, 11) is 0. The van der Waals surface area contributed by atoms with Gasteiger partial charge in [0.05, 0.1) is 0 Å². The topological polar surface area (TPSA) is 12.0 Å². The first-order chi connectivity index (χ1) is 6.86. The Morgan fingerprint density at radius 1 is 1.43 bits per heavy atom. The molecule has 0 spiro atoms. The first-order valence-electron chi connectivity index (χ1n) is 5.61. The minimum absolute atomic E-state index is 0.704. The van der Waals surface area contributed by atoms with Crippen molar-refractivity contribution in [2.24, 2.45) is 0 Å². The summed E-state index contributed by atoms with van der Waals surface area (Å²) in [6.45, 7) is 5.55. The van der Waals surface area contributed by atoms with Crippen LogP contribution in [0.5, 0.6) is 0 Å². The Morgan fingerprint density at radius 2 is 2.29 bits per heavy atom. The van der Waals surface area contributed by atoms with Gasteiger partial charge >= 0.3 is 0 Å². The van der Waals surface area contributed by atoms with Crippen LogP contribution >= 0.6 is 11.3 Å². The van der Waals surface area contributed by atoms with E-state index in [1.807, 2.05) is 0 Å². The third-order valence-corrected chi connectivity index (χ3v) is 3.31. The highest BCUT2D eigenvalue weighted by Gasteiger charge is 2.04. The number of unbranched alkanes of at least 4 members (excludes halogenated alkanes) is 1. The third kappa shape index (κ3) is 4.25. The zero-order valence-corrected chi connectivity index (χ0v) is 10.1. The Balaban J connectivity index is 2.20. The van der Waals surface area contributed by atoms with E-state index in [4.69, 9.17) is 0 Å². The van der Waals surface area contributed by atoms with Crippen molar-refractivity contribution in [1.82, 2.24) is 5.32 Å². The van der Waals surface area contributed by atoms with E-state index in [1.54, 1.807) is 11.3 Å². The highest BCUT2D eigenvalue weighted by Crippen LogP contribution is 2.08. The van der Waals surface area contributed by atoms with Crippen LogP contribution in [0.3, 0.4) is 0 Å². The molecule has 1 unspecified atom stereocenters. The fourth-order valence-electron chi connectivity index (χ4n) is 1.56. The van der Waals surface area contributed by atoms with Gasteiger partial charge in [-0.3, -0.25) is 0 Å². The summed E-state index contributed by atoms with van der Waals surface area (Å²) < 4.78 is 0. The Morgan fingerprint density at radius 3 is 2.86 bits per heavy atom. The molecule has 1 rings (SSSR count). The van der Waals surface area contributed by atoms with Gasteiger partial charge in [0.25, 0.3) is 0 Å². The average molecular weight is 211 g/mol. The van der Waals surface area contributed by atoms with Gasteiger partial charge in [-0.05, 0) is 35.2 Å². The van der Waals surface area contributed by atoms with Crippen LogP contribution in [0.25, 0.3) is 0 Å². The van der Waals surface area contributed by atoms with E-state index in [0.717, 1.165) is 6.54 Å². The van der Waals surface area contributed by atoms with Crippen molar-refractivity contribution in [3.8, 4) is 0 Å². The molecule has 0 saturated heterocycles. The van der Waals surface area contributed by atoms with Gasteiger partial charge in [-0.25, -0.2) is 0 Å². The second-order valence-corrected chi connectivity index (χ2v) is 4.54. The predicted octanol–water partition coefficient (Wildman–Crippen LogP) is 3.81. The summed E-state index contributed by atoms with van der Waals surface area (Å²) in [5, 5.41) is 7.98. The zero-order valence-electron chi connectivity index (χ0n) is 9.25. The molecule has 1 aromatic rings. The van der Waals surface area contributed by atoms with E-state index >= 15 is 0 Å². The van der Waals surface area contributed by atoms with Gasteiger partial charge in [0.15, 0.2) is 0 Å². The molecule has 0 aliphatic carbocycles. The average Bonchev–Trinajstić information content (AvgIpc) is 2.71. The van der Waals surface area contributed by atoms with E-state index in [2.05, 4.69) is 36.0 Å². The molecule has 1 aromatic heterocycles. The number of hydrogen-bond donors (Lipinski definition) is 1. The highest BCUT2D eigenvalue weighted by atomic mass is 32.1. The summed E-state index contributed by atoms with van der Waals surface area (Å²) in [6.07, 6.45) is 5.20. The molecule has 0 saturated carbocycles. The molecular weight excluding hydrogens is 190 g/mol. The largest absolute Gasteiger partial charge is 0.310 e. The van der Waals surface area contributed by atoms with Crippen LogP contribution in [0, 0.1) is 0 Å². The lowest BCUT2D eigenvalue weighted by atomic mass is 10.1. The Labute approximate surface area is 91.5 Å². The highest BCUT2D eigenvalue weighted by molar-refractivity contribution is 7.07. The van der Waals surface area contributed by atoms with Gasteiger partial charge < -0.3 is 5.32 Å². The number of rotatable bonds is 7. The Kier molecular flexibility index (Phi) is 5.88. The normalized spacial score (nSPS) is 13.0. The maximum atomic E-state index is 3.61. The van der Waals surface area contributed by atoms with Crippen LogP contribution in [0.1, 0.15) is 45.1 Å². The quantitative estimate of drug-likeness (QED) is 0.723. The monoisotopic (exact) mass is 211 g/mol. The fraction of sp³-hybridized carbons (Fsp3) is 0.667. The van der Waals surface area contributed by atoms with Gasteiger partial charge in [0.1, 0.15) is 0 Å². The van der Waals surface area contributed by atoms with Crippen molar-refractivity contribution in [2.45, 2.75) is 52.1 Å². The van der Waals surface area contributed by atoms with Gasteiger partial charge in [-0.1, -0.05) is 26.7 Å². The molecule has 0 radical (unpaired) electrons. The molecular formula is C12H21NS. The zero-order chi connectivity index (χ0) is 10.2. The molecule has 0 aliphatic rings. The van der Waals surface area contributed by atoms with Crippen molar-refractivity contribution in [1.29, 1.82) is 0 Å². The first kappa shape index (κ1) is 11.7. The lowest BCUT2D eigenvalue weighted by Crippen LogP contribution is -2.27. The molecule has 0 fully saturated rings. The lowest BCUT2D eigenvalue weighted by molar-refractivity contribution is 0.452. The Hall–Kier alpha value is -0.340. The van der Waals surface area contributed by atoms with Crippen LogP contribution in [-0.2, 0) is 6.54 Å². The molecule has 0 bridgehead atoms. The molecule has 1 nitrogen and oxygen atoms in total. The standard InChI is InChI=1S/C12H21NS/c1-3-5-6-12(4-2)13-9-11-7-8-14-10-11/h7-8,10,12-13H,3-6,9H2,1-2H3. The minimum Gasteiger partial charge on any atom is -0.310 e. The molecule has 0 aliphatic heterocycles. The number of hydrogen-bond acceptors (Lipinski definition) is 2. The SMILES string of the molecule is CCCCC(CC)NCc1ccsc1.